The minimum Gasteiger partial charge on any atom is -0.481 e. The molecule has 2 aromatic heterocycles. The van der Waals surface area contributed by atoms with Gasteiger partial charge in [0.2, 0.25) is 11.8 Å². The second-order valence-electron chi connectivity index (χ2n) is 8.25. The molecule has 8 nitrogen and oxygen atoms in total. The fourth-order valence-corrected chi connectivity index (χ4v) is 5.59. The maximum Gasteiger partial charge on any atom is 0.268 e. The lowest BCUT2D eigenvalue weighted by Crippen LogP contribution is -2.33. The van der Waals surface area contributed by atoms with Crippen LogP contribution in [0.15, 0.2) is 24.5 Å². The molecule has 0 saturated heterocycles. The van der Waals surface area contributed by atoms with Crippen molar-refractivity contribution in [2.75, 3.05) is 19.5 Å². The number of rotatable bonds is 7. The summed E-state index contributed by atoms with van der Waals surface area (Å²) in [7, 11) is 2.89. The molecule has 1 N–H and O–H groups in total. The molecule has 1 aromatic carbocycles. The summed E-state index contributed by atoms with van der Waals surface area (Å²) in [4.78, 5) is 27.1. The van der Waals surface area contributed by atoms with Gasteiger partial charge in [0.1, 0.15) is 17.7 Å². The first-order valence-corrected chi connectivity index (χ1v) is 11.9. The normalized spacial score (nSPS) is 15.8. The van der Waals surface area contributed by atoms with Gasteiger partial charge in [-0.25, -0.2) is 15.0 Å². The Labute approximate surface area is 196 Å². The molecule has 0 unspecified atom stereocenters. The van der Waals surface area contributed by atoms with Gasteiger partial charge >= 0.3 is 0 Å². The zero-order valence-corrected chi connectivity index (χ0v) is 19.9. The third-order valence-electron chi connectivity index (χ3n) is 6.41. The van der Waals surface area contributed by atoms with Crippen molar-refractivity contribution in [3.8, 4) is 28.8 Å². The maximum atomic E-state index is 13.1. The first kappa shape index (κ1) is 21.6. The van der Waals surface area contributed by atoms with Gasteiger partial charge in [-0.2, -0.15) is 0 Å². The van der Waals surface area contributed by atoms with Crippen LogP contribution in [0.2, 0.25) is 0 Å². The van der Waals surface area contributed by atoms with Crippen molar-refractivity contribution in [2.45, 2.75) is 51.0 Å². The summed E-state index contributed by atoms with van der Waals surface area (Å²) in [6.07, 6.45) is 5.36. The average molecular weight is 467 g/mol. The van der Waals surface area contributed by atoms with Crippen LogP contribution in [0.4, 0.5) is 5.13 Å². The quantitative estimate of drug-likeness (QED) is 0.514. The van der Waals surface area contributed by atoms with E-state index in [0.717, 1.165) is 34.7 Å². The van der Waals surface area contributed by atoms with Crippen molar-refractivity contribution < 1.29 is 19.0 Å². The standard InChI is InChI=1S/C24H26N4O4S/c1-5-24(6-2)19-18(15-10-9-14(13-7-8-13)11-16(15)32-24)27-23(33-19)28-20(29)17-21(30-3)25-12-26-22(17)31-4/h9-13H,5-8H2,1-4H3,(H,27,28,29). The van der Waals surface area contributed by atoms with Gasteiger partial charge in [0.25, 0.3) is 5.91 Å². The molecule has 1 fully saturated rings. The fraction of sp³-hybridized carbons (Fsp3) is 0.417. The molecule has 0 atom stereocenters. The monoisotopic (exact) mass is 466 g/mol. The Kier molecular flexibility index (Phi) is 5.44. The molecule has 1 amide bonds. The van der Waals surface area contributed by atoms with E-state index in [9.17, 15) is 4.79 Å². The number of nitrogens with zero attached hydrogens (tertiary/aromatic N) is 3. The van der Waals surface area contributed by atoms with Crippen LogP contribution in [0.5, 0.6) is 17.5 Å². The van der Waals surface area contributed by atoms with Crippen LogP contribution in [-0.2, 0) is 5.60 Å². The lowest BCUT2D eigenvalue weighted by molar-refractivity contribution is 0.0581. The Balaban J connectivity index is 1.55. The van der Waals surface area contributed by atoms with E-state index in [2.05, 4.69) is 47.3 Å². The molecule has 1 aliphatic carbocycles. The third-order valence-corrected chi connectivity index (χ3v) is 7.57. The van der Waals surface area contributed by atoms with Gasteiger partial charge in [0.15, 0.2) is 10.7 Å². The Morgan fingerprint density at radius 3 is 2.48 bits per heavy atom. The van der Waals surface area contributed by atoms with E-state index in [1.165, 1.54) is 50.3 Å². The van der Waals surface area contributed by atoms with Crippen LogP contribution in [0.3, 0.4) is 0 Å². The molecule has 3 aromatic rings. The first-order chi connectivity index (χ1) is 16.0. The number of thiazole rings is 1. The van der Waals surface area contributed by atoms with Crippen molar-refractivity contribution >= 4 is 22.4 Å². The summed E-state index contributed by atoms with van der Waals surface area (Å²) in [5, 5.41) is 3.37. The highest BCUT2D eigenvalue weighted by Gasteiger charge is 2.42. The van der Waals surface area contributed by atoms with Crippen LogP contribution < -0.4 is 19.5 Å². The Morgan fingerprint density at radius 2 is 1.88 bits per heavy atom. The van der Waals surface area contributed by atoms with E-state index >= 15 is 0 Å². The fourth-order valence-electron chi connectivity index (χ4n) is 4.34. The Morgan fingerprint density at radius 1 is 1.18 bits per heavy atom. The van der Waals surface area contributed by atoms with E-state index in [4.69, 9.17) is 19.2 Å². The highest BCUT2D eigenvalue weighted by Crippen LogP contribution is 2.53. The molecule has 33 heavy (non-hydrogen) atoms. The SMILES string of the molecule is CCC1(CC)Oc2cc(C3CC3)ccc2-c2nc(NC(=O)c3c(OC)ncnc3OC)sc21. The molecule has 1 saturated carbocycles. The van der Waals surface area contributed by atoms with Crippen LogP contribution in [0.25, 0.3) is 11.3 Å². The summed E-state index contributed by atoms with van der Waals surface area (Å²) in [6.45, 7) is 4.25. The summed E-state index contributed by atoms with van der Waals surface area (Å²) >= 11 is 1.44. The van der Waals surface area contributed by atoms with Gasteiger partial charge in [-0.3, -0.25) is 10.1 Å². The van der Waals surface area contributed by atoms with E-state index in [1.807, 2.05) is 0 Å². The number of amides is 1. The number of carbonyl (C=O) groups excluding carboxylic acids is 1. The zero-order chi connectivity index (χ0) is 23.2. The molecular formula is C24H26N4O4S. The second-order valence-corrected chi connectivity index (χ2v) is 9.25. The van der Waals surface area contributed by atoms with Crippen molar-refractivity contribution in [3.63, 3.8) is 0 Å². The number of benzene rings is 1. The van der Waals surface area contributed by atoms with E-state index in [1.54, 1.807) is 0 Å². The molecule has 0 bridgehead atoms. The van der Waals surface area contributed by atoms with Gasteiger partial charge in [0.05, 0.1) is 24.8 Å². The third kappa shape index (κ3) is 3.60. The van der Waals surface area contributed by atoms with Crippen molar-refractivity contribution in [1.29, 1.82) is 0 Å². The summed E-state index contributed by atoms with van der Waals surface area (Å²) in [6, 6.07) is 6.44. The molecule has 1 aliphatic heterocycles. The molecular weight excluding hydrogens is 440 g/mol. The number of fused-ring (bicyclic) bond motifs is 3. The number of nitrogens with one attached hydrogen (secondary N) is 1. The van der Waals surface area contributed by atoms with Crippen LogP contribution >= 0.6 is 11.3 Å². The van der Waals surface area contributed by atoms with Crippen LogP contribution in [-0.4, -0.2) is 35.1 Å². The van der Waals surface area contributed by atoms with Gasteiger partial charge in [-0.05, 0) is 49.3 Å². The molecule has 2 aliphatic rings. The number of carbonyl (C=O) groups is 1. The molecule has 0 radical (unpaired) electrons. The second kappa shape index (κ2) is 8.30. The number of anilines is 1. The summed E-state index contributed by atoms with van der Waals surface area (Å²) in [5.41, 5.74) is 2.80. The largest absolute Gasteiger partial charge is 0.481 e. The first-order valence-electron chi connectivity index (χ1n) is 11.1. The van der Waals surface area contributed by atoms with Crippen molar-refractivity contribution in [1.82, 2.24) is 15.0 Å². The molecule has 3 heterocycles. The molecule has 5 rings (SSSR count). The van der Waals surface area contributed by atoms with Crippen molar-refractivity contribution in [2.24, 2.45) is 0 Å². The van der Waals surface area contributed by atoms with E-state index < -0.39 is 11.5 Å². The predicted molar refractivity (Wildman–Crippen MR) is 126 cm³/mol. The van der Waals surface area contributed by atoms with Gasteiger partial charge in [-0.1, -0.05) is 31.3 Å². The lowest BCUT2D eigenvalue weighted by atomic mass is 9.88. The Bertz CT molecular complexity index is 1190. The number of ether oxygens (including phenoxy) is 3. The minimum absolute atomic E-state index is 0.124. The number of hydrogen-bond acceptors (Lipinski definition) is 8. The number of hydrogen-bond donors (Lipinski definition) is 1. The maximum absolute atomic E-state index is 13.1. The van der Waals surface area contributed by atoms with Gasteiger partial charge in [-0.15, -0.1) is 0 Å². The summed E-state index contributed by atoms with van der Waals surface area (Å²) in [5.74, 6) is 1.34. The minimum atomic E-state index is -0.476. The predicted octanol–water partition coefficient (Wildman–Crippen LogP) is 5.15. The Hall–Kier alpha value is -3.20. The zero-order valence-electron chi connectivity index (χ0n) is 19.1. The topological polar surface area (TPSA) is 95.5 Å². The van der Waals surface area contributed by atoms with E-state index in [-0.39, 0.29) is 17.3 Å². The number of aromatic nitrogens is 3. The van der Waals surface area contributed by atoms with Gasteiger partial charge < -0.3 is 14.2 Å². The van der Waals surface area contributed by atoms with Crippen LogP contribution in [0.1, 0.15) is 66.2 Å². The highest BCUT2D eigenvalue weighted by molar-refractivity contribution is 7.16. The van der Waals surface area contributed by atoms with E-state index in [0.29, 0.717) is 11.0 Å². The van der Waals surface area contributed by atoms with Crippen LogP contribution in [0, 0.1) is 0 Å². The smallest absolute Gasteiger partial charge is 0.268 e. The molecule has 0 spiro atoms. The highest BCUT2D eigenvalue weighted by atomic mass is 32.1. The average Bonchev–Trinajstić information content (AvgIpc) is 3.61. The molecule has 172 valence electrons. The number of methoxy groups -OCH3 is 2. The lowest BCUT2D eigenvalue weighted by Gasteiger charge is -2.36. The molecule has 9 heteroatoms. The summed E-state index contributed by atoms with van der Waals surface area (Å²) < 4.78 is 17.1. The van der Waals surface area contributed by atoms with Gasteiger partial charge in [0, 0.05) is 5.56 Å². The van der Waals surface area contributed by atoms with Crippen molar-refractivity contribution in [3.05, 3.63) is 40.5 Å².